The first kappa shape index (κ1) is 18.3. The predicted octanol–water partition coefficient (Wildman–Crippen LogP) is 3.46. The number of nitrogens with two attached hydrogens (primary N) is 1. The minimum atomic E-state index is 0.364. The normalized spacial score (nSPS) is 17.5. The SMILES string of the molecule is CCCCCCCCNC(N)=NCC1(CCOC)CCC1. The van der Waals surface area contributed by atoms with E-state index in [1.807, 2.05) is 0 Å². The molecular weight excluding hydrogens is 262 g/mol. The Hall–Kier alpha value is -0.770. The Bertz CT molecular complexity index is 288. The van der Waals surface area contributed by atoms with Crippen molar-refractivity contribution in [3.05, 3.63) is 0 Å². The first-order chi connectivity index (χ1) is 10.2. The Morgan fingerprint density at radius 1 is 1.19 bits per heavy atom. The van der Waals surface area contributed by atoms with Crippen molar-refractivity contribution >= 4 is 5.96 Å². The number of rotatable bonds is 12. The van der Waals surface area contributed by atoms with Crippen LogP contribution in [-0.2, 0) is 4.74 Å². The fourth-order valence-electron chi connectivity index (χ4n) is 2.91. The summed E-state index contributed by atoms with van der Waals surface area (Å²) in [6, 6.07) is 0. The fourth-order valence-corrected chi connectivity index (χ4v) is 2.91. The van der Waals surface area contributed by atoms with Gasteiger partial charge in [0.25, 0.3) is 0 Å². The lowest BCUT2D eigenvalue weighted by atomic mass is 9.67. The molecule has 0 amide bonds. The van der Waals surface area contributed by atoms with Crippen molar-refractivity contribution in [1.82, 2.24) is 5.32 Å². The van der Waals surface area contributed by atoms with Gasteiger partial charge in [-0.3, -0.25) is 4.99 Å². The van der Waals surface area contributed by atoms with Gasteiger partial charge in [-0.25, -0.2) is 0 Å². The smallest absolute Gasteiger partial charge is 0.188 e. The zero-order valence-electron chi connectivity index (χ0n) is 14.1. The van der Waals surface area contributed by atoms with Crippen LogP contribution in [0.5, 0.6) is 0 Å². The molecule has 0 saturated heterocycles. The Labute approximate surface area is 130 Å². The van der Waals surface area contributed by atoms with Crippen molar-refractivity contribution in [1.29, 1.82) is 0 Å². The Kier molecular flexibility index (Phi) is 9.48. The predicted molar refractivity (Wildman–Crippen MR) is 90.6 cm³/mol. The van der Waals surface area contributed by atoms with Crippen molar-refractivity contribution in [2.75, 3.05) is 26.8 Å². The van der Waals surface area contributed by atoms with Crippen LogP contribution in [0, 0.1) is 5.41 Å². The monoisotopic (exact) mass is 297 g/mol. The van der Waals surface area contributed by atoms with Crippen molar-refractivity contribution in [3.63, 3.8) is 0 Å². The van der Waals surface area contributed by atoms with Crippen LogP contribution in [0.1, 0.15) is 71.1 Å². The summed E-state index contributed by atoms with van der Waals surface area (Å²) in [5, 5.41) is 3.25. The third-order valence-corrected chi connectivity index (χ3v) is 4.67. The number of nitrogens with one attached hydrogen (secondary N) is 1. The molecule has 1 saturated carbocycles. The van der Waals surface area contributed by atoms with Crippen LogP contribution in [-0.4, -0.2) is 32.8 Å². The standard InChI is InChI=1S/C17H35N3O/c1-3-4-5-6-7-8-13-19-16(18)20-15-17(10-9-11-17)12-14-21-2/h3-15H2,1-2H3,(H3,18,19,20). The highest BCUT2D eigenvalue weighted by atomic mass is 16.5. The fraction of sp³-hybridized carbons (Fsp3) is 0.941. The van der Waals surface area contributed by atoms with Crippen molar-refractivity contribution < 1.29 is 4.74 Å². The first-order valence-electron chi connectivity index (χ1n) is 8.75. The summed E-state index contributed by atoms with van der Waals surface area (Å²) >= 11 is 0. The molecular formula is C17H35N3O. The molecule has 3 N–H and O–H groups in total. The molecule has 0 bridgehead atoms. The highest BCUT2D eigenvalue weighted by Gasteiger charge is 2.36. The average molecular weight is 297 g/mol. The van der Waals surface area contributed by atoms with E-state index in [2.05, 4.69) is 17.2 Å². The van der Waals surface area contributed by atoms with Gasteiger partial charge in [0.15, 0.2) is 5.96 Å². The number of methoxy groups -OCH3 is 1. The Morgan fingerprint density at radius 2 is 1.90 bits per heavy atom. The van der Waals surface area contributed by atoms with Gasteiger partial charge < -0.3 is 15.8 Å². The Morgan fingerprint density at radius 3 is 2.52 bits per heavy atom. The average Bonchev–Trinajstić information content (AvgIpc) is 2.45. The first-order valence-corrected chi connectivity index (χ1v) is 8.75. The van der Waals surface area contributed by atoms with Crippen LogP contribution in [0.25, 0.3) is 0 Å². The molecule has 0 unspecified atom stereocenters. The highest BCUT2D eigenvalue weighted by molar-refractivity contribution is 5.77. The van der Waals surface area contributed by atoms with Gasteiger partial charge >= 0.3 is 0 Å². The number of unbranched alkanes of at least 4 members (excludes halogenated alkanes) is 5. The van der Waals surface area contributed by atoms with E-state index in [0.717, 1.165) is 26.1 Å². The highest BCUT2D eigenvalue weighted by Crippen LogP contribution is 2.44. The van der Waals surface area contributed by atoms with Gasteiger partial charge in [-0.05, 0) is 31.1 Å². The minimum Gasteiger partial charge on any atom is -0.385 e. The van der Waals surface area contributed by atoms with Crippen molar-refractivity contribution in [2.24, 2.45) is 16.1 Å². The van der Waals surface area contributed by atoms with Gasteiger partial charge in [-0.1, -0.05) is 45.4 Å². The second-order valence-corrected chi connectivity index (χ2v) is 6.49. The van der Waals surface area contributed by atoms with Crippen molar-refractivity contribution in [2.45, 2.75) is 71.1 Å². The van der Waals surface area contributed by atoms with Gasteiger partial charge in [-0.15, -0.1) is 0 Å². The zero-order valence-corrected chi connectivity index (χ0v) is 14.1. The van der Waals surface area contributed by atoms with E-state index in [1.165, 1.54) is 57.8 Å². The number of ether oxygens (including phenoxy) is 1. The van der Waals surface area contributed by atoms with Crippen LogP contribution < -0.4 is 11.1 Å². The van der Waals surface area contributed by atoms with E-state index < -0.39 is 0 Å². The summed E-state index contributed by atoms with van der Waals surface area (Å²) in [5.41, 5.74) is 6.32. The third kappa shape index (κ3) is 7.70. The van der Waals surface area contributed by atoms with Gasteiger partial charge in [0.1, 0.15) is 0 Å². The van der Waals surface area contributed by atoms with Gasteiger partial charge in [-0.2, -0.15) is 0 Å². The number of hydrogen-bond acceptors (Lipinski definition) is 2. The number of hydrogen-bond donors (Lipinski definition) is 2. The third-order valence-electron chi connectivity index (χ3n) is 4.67. The zero-order chi connectivity index (χ0) is 15.4. The molecule has 0 atom stereocenters. The maximum Gasteiger partial charge on any atom is 0.188 e. The lowest BCUT2D eigenvalue weighted by molar-refractivity contribution is 0.0779. The molecule has 1 aliphatic carbocycles. The summed E-state index contributed by atoms with van der Waals surface area (Å²) in [6.45, 7) is 4.89. The van der Waals surface area contributed by atoms with E-state index in [1.54, 1.807) is 7.11 Å². The molecule has 4 heteroatoms. The van der Waals surface area contributed by atoms with E-state index in [9.17, 15) is 0 Å². The summed E-state index contributed by atoms with van der Waals surface area (Å²) in [5.74, 6) is 0.618. The topological polar surface area (TPSA) is 59.6 Å². The summed E-state index contributed by atoms with van der Waals surface area (Å²) < 4.78 is 5.20. The van der Waals surface area contributed by atoms with Crippen LogP contribution in [0.4, 0.5) is 0 Å². The summed E-state index contributed by atoms with van der Waals surface area (Å²) in [6.07, 6.45) is 12.8. The van der Waals surface area contributed by atoms with Gasteiger partial charge in [0.05, 0.1) is 0 Å². The molecule has 0 radical (unpaired) electrons. The van der Waals surface area contributed by atoms with E-state index in [0.29, 0.717) is 11.4 Å². The van der Waals surface area contributed by atoms with Crippen molar-refractivity contribution in [3.8, 4) is 0 Å². The molecule has 124 valence electrons. The van der Waals surface area contributed by atoms with E-state index in [4.69, 9.17) is 10.5 Å². The quantitative estimate of drug-likeness (QED) is 0.329. The number of nitrogens with zero attached hydrogens (tertiary/aromatic N) is 1. The molecule has 1 aliphatic rings. The van der Waals surface area contributed by atoms with Crippen LogP contribution >= 0.6 is 0 Å². The lowest BCUT2D eigenvalue weighted by Crippen LogP contribution is -2.37. The molecule has 0 aromatic heterocycles. The molecule has 21 heavy (non-hydrogen) atoms. The van der Waals surface area contributed by atoms with Crippen LogP contribution in [0.3, 0.4) is 0 Å². The molecule has 0 aromatic rings. The molecule has 4 nitrogen and oxygen atoms in total. The van der Waals surface area contributed by atoms with Gasteiger partial charge in [0, 0.05) is 26.8 Å². The molecule has 0 aliphatic heterocycles. The number of guanidine groups is 1. The van der Waals surface area contributed by atoms with E-state index >= 15 is 0 Å². The largest absolute Gasteiger partial charge is 0.385 e. The second kappa shape index (κ2) is 10.9. The molecule has 0 spiro atoms. The maximum atomic E-state index is 5.96. The minimum absolute atomic E-state index is 0.364. The molecule has 1 fully saturated rings. The molecule has 0 heterocycles. The molecule has 1 rings (SSSR count). The number of aliphatic imine (C=N–C) groups is 1. The summed E-state index contributed by atoms with van der Waals surface area (Å²) in [4.78, 5) is 4.55. The maximum absolute atomic E-state index is 5.96. The van der Waals surface area contributed by atoms with E-state index in [-0.39, 0.29) is 0 Å². The second-order valence-electron chi connectivity index (χ2n) is 6.49. The summed E-state index contributed by atoms with van der Waals surface area (Å²) in [7, 11) is 1.77. The lowest BCUT2D eigenvalue weighted by Gasteiger charge is -2.40. The Balaban J connectivity index is 2.09. The van der Waals surface area contributed by atoms with Crippen LogP contribution in [0.2, 0.25) is 0 Å². The van der Waals surface area contributed by atoms with Gasteiger partial charge in [0.2, 0.25) is 0 Å². The molecule has 0 aromatic carbocycles. The van der Waals surface area contributed by atoms with Crippen LogP contribution in [0.15, 0.2) is 4.99 Å².